The van der Waals surface area contributed by atoms with Crippen molar-refractivity contribution in [3.8, 4) is 0 Å². The molecule has 0 aliphatic carbocycles. The van der Waals surface area contributed by atoms with E-state index in [4.69, 9.17) is 9.72 Å². The fourth-order valence-corrected chi connectivity index (χ4v) is 6.64. The van der Waals surface area contributed by atoms with Crippen LogP contribution in [0.25, 0.3) is 0 Å². The Morgan fingerprint density at radius 3 is 2.58 bits per heavy atom. The molecule has 2 unspecified atom stereocenters. The third-order valence-corrected chi connectivity index (χ3v) is 9.86. The van der Waals surface area contributed by atoms with Crippen molar-refractivity contribution in [1.29, 1.82) is 0 Å². The van der Waals surface area contributed by atoms with Crippen molar-refractivity contribution in [2.24, 2.45) is 11.8 Å². The molecule has 2 aromatic carbocycles. The molecule has 0 saturated carbocycles. The second-order valence-electron chi connectivity index (χ2n) is 12.9. The molecule has 0 amide bonds. The van der Waals surface area contributed by atoms with Gasteiger partial charge in [0, 0.05) is 44.4 Å². The first-order chi connectivity index (χ1) is 21.8. The predicted molar refractivity (Wildman–Crippen MR) is 180 cm³/mol. The van der Waals surface area contributed by atoms with Crippen LogP contribution in [0.2, 0.25) is 0 Å². The standard InChI is InChI=1S/C37H52N6O2/c1-6-30-17-20-41(21-18-30)26-36-38-19-22-42(36)24-33-23-32(14-13-28(33)3)35(16-15-34-25-43(7-2)39-40(34)5)29(4)37(44)45-27-31-11-9-8-10-12-31/h8-14,19,22-23,25,29-30,35,39H,6-7,15-18,20-21,24,26-27H2,1-5H3. The average molecular weight is 613 g/mol. The fraction of sp³-hybridized carbons (Fsp3) is 0.514. The highest BCUT2D eigenvalue weighted by atomic mass is 16.5. The number of aromatic nitrogens is 2. The normalized spacial score (nSPS) is 17.4. The summed E-state index contributed by atoms with van der Waals surface area (Å²) in [6.07, 6.45) is 11.7. The molecule has 8 heteroatoms. The van der Waals surface area contributed by atoms with Gasteiger partial charge in [-0.25, -0.2) is 4.98 Å². The van der Waals surface area contributed by atoms with Gasteiger partial charge >= 0.3 is 5.97 Å². The van der Waals surface area contributed by atoms with Gasteiger partial charge < -0.3 is 9.30 Å². The van der Waals surface area contributed by atoms with E-state index in [1.165, 1.54) is 41.6 Å². The smallest absolute Gasteiger partial charge is 0.309 e. The third-order valence-electron chi connectivity index (χ3n) is 9.86. The summed E-state index contributed by atoms with van der Waals surface area (Å²) >= 11 is 0. The number of likely N-dealkylation sites (tertiary alicyclic amines) is 1. The van der Waals surface area contributed by atoms with Gasteiger partial charge in [-0.3, -0.25) is 19.7 Å². The van der Waals surface area contributed by atoms with Crippen LogP contribution < -0.4 is 5.53 Å². The molecule has 0 radical (unpaired) electrons. The lowest BCUT2D eigenvalue weighted by molar-refractivity contribution is -0.150. The number of piperidine rings is 1. The van der Waals surface area contributed by atoms with Gasteiger partial charge in [0.05, 0.1) is 12.5 Å². The molecule has 2 aliphatic heterocycles. The van der Waals surface area contributed by atoms with E-state index in [1.54, 1.807) is 0 Å². The summed E-state index contributed by atoms with van der Waals surface area (Å²) in [6.45, 7) is 13.8. The van der Waals surface area contributed by atoms with Crippen LogP contribution in [-0.4, -0.2) is 57.1 Å². The number of hydrazine groups is 2. The van der Waals surface area contributed by atoms with Crippen LogP contribution in [-0.2, 0) is 29.2 Å². The number of aryl methyl sites for hydroxylation is 1. The molecule has 3 aromatic rings. The highest BCUT2D eigenvalue weighted by Gasteiger charge is 2.29. The summed E-state index contributed by atoms with van der Waals surface area (Å²) in [5, 5.41) is 4.16. The van der Waals surface area contributed by atoms with E-state index < -0.39 is 0 Å². The molecule has 45 heavy (non-hydrogen) atoms. The Bertz CT molecular complexity index is 1410. The van der Waals surface area contributed by atoms with Gasteiger partial charge in [0.1, 0.15) is 12.4 Å². The van der Waals surface area contributed by atoms with Crippen LogP contribution >= 0.6 is 0 Å². The number of carbonyl (C=O) groups is 1. The number of ether oxygens (including phenoxy) is 1. The maximum Gasteiger partial charge on any atom is 0.309 e. The lowest BCUT2D eigenvalue weighted by Gasteiger charge is -2.31. The molecule has 0 bridgehead atoms. The maximum absolute atomic E-state index is 13.5. The highest BCUT2D eigenvalue weighted by molar-refractivity contribution is 5.73. The second-order valence-corrected chi connectivity index (χ2v) is 12.9. The Hall–Kier alpha value is -3.62. The molecule has 2 atom stereocenters. The Labute approximate surface area is 270 Å². The number of nitrogens with one attached hydrogen (secondary N) is 1. The quantitative estimate of drug-likeness (QED) is 0.205. The Morgan fingerprint density at radius 2 is 1.87 bits per heavy atom. The molecule has 0 spiro atoms. The van der Waals surface area contributed by atoms with Crippen LogP contribution in [0.1, 0.15) is 86.9 Å². The monoisotopic (exact) mass is 612 g/mol. The first-order valence-electron chi connectivity index (χ1n) is 16.8. The minimum atomic E-state index is -0.290. The van der Waals surface area contributed by atoms with E-state index in [0.717, 1.165) is 62.9 Å². The van der Waals surface area contributed by atoms with Crippen molar-refractivity contribution in [3.05, 3.63) is 101 Å². The lowest BCUT2D eigenvalue weighted by atomic mass is 9.82. The first kappa shape index (κ1) is 32.8. The van der Waals surface area contributed by atoms with E-state index >= 15 is 0 Å². The number of esters is 1. The van der Waals surface area contributed by atoms with Crippen molar-refractivity contribution < 1.29 is 9.53 Å². The van der Waals surface area contributed by atoms with Crippen LogP contribution in [0.15, 0.2) is 72.8 Å². The van der Waals surface area contributed by atoms with E-state index in [9.17, 15) is 4.79 Å². The second kappa shape index (κ2) is 15.6. The van der Waals surface area contributed by atoms with Crippen LogP contribution in [0.3, 0.4) is 0 Å². The Morgan fingerprint density at radius 1 is 1.09 bits per heavy atom. The SMILES string of the molecule is CCC1CCN(Cc2nccn2Cc2cc(C(CCC3=CN(CC)NN3C)C(C)C(=O)OCc3ccccc3)ccc2C)CC1. The van der Waals surface area contributed by atoms with Crippen molar-refractivity contribution in [1.82, 2.24) is 30.0 Å². The van der Waals surface area contributed by atoms with Gasteiger partial charge in [0.15, 0.2) is 0 Å². The molecule has 1 saturated heterocycles. The predicted octanol–water partition coefficient (Wildman–Crippen LogP) is 6.63. The van der Waals surface area contributed by atoms with Gasteiger partial charge in [-0.1, -0.05) is 68.8 Å². The average Bonchev–Trinajstić information content (AvgIpc) is 3.66. The summed E-state index contributed by atoms with van der Waals surface area (Å²) in [4.78, 5) is 20.8. The molecule has 8 nitrogen and oxygen atoms in total. The number of nitrogens with zero attached hydrogens (tertiary/aromatic N) is 5. The van der Waals surface area contributed by atoms with Crippen LogP contribution in [0.4, 0.5) is 0 Å². The largest absolute Gasteiger partial charge is 0.461 e. The number of hydrogen-bond acceptors (Lipinski definition) is 7. The molecule has 1 N–H and O–H groups in total. The molecular formula is C37H52N6O2. The van der Waals surface area contributed by atoms with Crippen molar-refractivity contribution in [3.63, 3.8) is 0 Å². The maximum atomic E-state index is 13.5. The minimum Gasteiger partial charge on any atom is -0.461 e. The van der Waals surface area contributed by atoms with Gasteiger partial charge in [0.25, 0.3) is 0 Å². The summed E-state index contributed by atoms with van der Waals surface area (Å²) in [7, 11) is 2.05. The van der Waals surface area contributed by atoms with E-state index in [2.05, 4.69) is 76.4 Å². The topological polar surface area (TPSA) is 65.9 Å². The molecule has 242 valence electrons. The molecule has 1 aromatic heterocycles. The third kappa shape index (κ3) is 8.56. The first-order valence-corrected chi connectivity index (χ1v) is 16.8. The van der Waals surface area contributed by atoms with Crippen LogP contribution in [0, 0.1) is 18.8 Å². The van der Waals surface area contributed by atoms with Crippen molar-refractivity contribution in [2.75, 3.05) is 26.7 Å². The van der Waals surface area contributed by atoms with Crippen molar-refractivity contribution >= 4 is 5.97 Å². The zero-order valence-corrected chi connectivity index (χ0v) is 27.9. The van der Waals surface area contributed by atoms with Crippen LogP contribution in [0.5, 0.6) is 0 Å². The minimum absolute atomic E-state index is 0.0136. The number of hydrogen-bond donors (Lipinski definition) is 1. The van der Waals surface area contributed by atoms with Crippen molar-refractivity contribution in [2.45, 2.75) is 85.4 Å². The Balaban J connectivity index is 1.33. The number of carbonyl (C=O) groups excluding carboxylic acids is 1. The molecule has 2 aliphatic rings. The summed E-state index contributed by atoms with van der Waals surface area (Å²) in [6, 6.07) is 16.7. The Kier molecular flexibility index (Phi) is 11.3. The zero-order valence-electron chi connectivity index (χ0n) is 27.9. The van der Waals surface area contributed by atoms with E-state index in [-0.39, 0.29) is 17.8 Å². The lowest BCUT2D eigenvalue weighted by Crippen LogP contribution is -2.37. The van der Waals surface area contributed by atoms with Gasteiger partial charge in [-0.05, 0) is 86.7 Å². The molecule has 1 fully saturated rings. The fourth-order valence-electron chi connectivity index (χ4n) is 6.64. The summed E-state index contributed by atoms with van der Waals surface area (Å²) < 4.78 is 8.16. The molecular weight excluding hydrogens is 560 g/mol. The zero-order chi connectivity index (χ0) is 31.8. The highest BCUT2D eigenvalue weighted by Crippen LogP contribution is 2.34. The number of allylic oxidation sites excluding steroid dienone is 1. The summed E-state index contributed by atoms with van der Waals surface area (Å²) in [5.74, 6) is 1.55. The van der Waals surface area contributed by atoms with Gasteiger partial charge in [-0.15, -0.1) is 5.53 Å². The van der Waals surface area contributed by atoms with E-state index in [1.807, 2.05) is 50.5 Å². The van der Waals surface area contributed by atoms with Gasteiger partial charge in [0.2, 0.25) is 0 Å². The number of benzene rings is 2. The molecule has 3 heterocycles. The summed E-state index contributed by atoms with van der Waals surface area (Å²) in [5.41, 5.74) is 9.28. The number of imidazole rings is 1. The van der Waals surface area contributed by atoms with Gasteiger partial charge in [-0.2, -0.15) is 0 Å². The van der Waals surface area contributed by atoms with E-state index in [0.29, 0.717) is 6.61 Å². The number of rotatable bonds is 14. The molecule has 5 rings (SSSR count).